The molecule has 0 spiro atoms. The molecule has 1 aromatic heterocycles. The van der Waals surface area contributed by atoms with Gasteiger partial charge in [-0.25, -0.2) is 0 Å². The van der Waals surface area contributed by atoms with Crippen LogP contribution in [0.15, 0.2) is 14.7 Å². The lowest BCUT2D eigenvalue weighted by Gasteiger charge is -2.40. The van der Waals surface area contributed by atoms with E-state index in [0.29, 0.717) is 21.9 Å². The number of rotatable bonds is 3. The summed E-state index contributed by atoms with van der Waals surface area (Å²) < 4.78 is 1.53. The van der Waals surface area contributed by atoms with E-state index in [-0.39, 0.29) is 0 Å². The third-order valence-corrected chi connectivity index (χ3v) is 5.28. The van der Waals surface area contributed by atoms with Crippen molar-refractivity contribution in [3.8, 4) is 0 Å². The second-order valence-corrected chi connectivity index (χ2v) is 7.36. The maximum absolute atomic E-state index is 11.4. The first-order valence-corrected chi connectivity index (χ1v) is 7.71. The Labute approximate surface area is 122 Å². The molecule has 1 aromatic rings. The summed E-state index contributed by atoms with van der Waals surface area (Å²) >= 11 is 1.57. The quantitative estimate of drug-likeness (QED) is 0.804. The topological polar surface area (TPSA) is 79.8 Å². The van der Waals surface area contributed by atoms with Gasteiger partial charge in [-0.05, 0) is 31.7 Å². The van der Waals surface area contributed by atoms with Gasteiger partial charge in [0, 0.05) is 18.3 Å². The van der Waals surface area contributed by atoms with Crippen LogP contribution in [0.5, 0.6) is 0 Å². The Morgan fingerprint density at radius 1 is 1.45 bits per heavy atom. The molecule has 2 unspecified atom stereocenters. The van der Waals surface area contributed by atoms with Gasteiger partial charge in [-0.1, -0.05) is 25.6 Å². The predicted molar refractivity (Wildman–Crippen MR) is 80.2 cm³/mol. The molecule has 112 valence electrons. The molecule has 1 fully saturated rings. The normalized spacial score (nSPS) is 25.6. The zero-order chi connectivity index (χ0) is 14.9. The molecule has 0 saturated heterocycles. The lowest BCUT2D eigenvalue weighted by molar-refractivity contribution is 0.218. The zero-order valence-corrected chi connectivity index (χ0v) is 13.2. The van der Waals surface area contributed by atoms with Gasteiger partial charge in [0.25, 0.3) is 0 Å². The summed E-state index contributed by atoms with van der Waals surface area (Å²) in [5, 5.41) is 6.75. The van der Waals surface area contributed by atoms with E-state index in [1.165, 1.54) is 11.1 Å². The second kappa shape index (κ2) is 5.73. The molecule has 0 bridgehead atoms. The molecule has 2 rings (SSSR count). The first-order chi connectivity index (χ1) is 9.32. The predicted octanol–water partition coefficient (Wildman–Crippen LogP) is 0.727. The van der Waals surface area contributed by atoms with E-state index in [1.54, 1.807) is 18.8 Å². The first-order valence-electron chi connectivity index (χ1n) is 6.84. The Morgan fingerprint density at radius 2 is 2.15 bits per heavy atom. The number of nitrogens with zero attached hydrogens (tertiary/aromatic N) is 2. The van der Waals surface area contributed by atoms with Gasteiger partial charge >= 0.3 is 11.1 Å². The van der Waals surface area contributed by atoms with Gasteiger partial charge in [-0.2, -0.15) is 4.98 Å². The van der Waals surface area contributed by atoms with Crippen LogP contribution < -0.4 is 16.4 Å². The Morgan fingerprint density at radius 3 is 2.80 bits per heavy atom. The van der Waals surface area contributed by atoms with Crippen LogP contribution in [0.4, 0.5) is 0 Å². The highest BCUT2D eigenvalue weighted by Gasteiger charge is 2.35. The molecule has 1 heterocycles. The van der Waals surface area contributed by atoms with Crippen LogP contribution in [0.2, 0.25) is 0 Å². The van der Waals surface area contributed by atoms with Crippen molar-refractivity contribution in [1.82, 2.24) is 20.1 Å². The van der Waals surface area contributed by atoms with Gasteiger partial charge in [0.05, 0.1) is 0 Å². The Hall–Kier alpha value is -1.08. The third-order valence-electron chi connectivity index (χ3n) is 3.91. The number of hydrogen-bond donors (Lipinski definition) is 2. The smallest absolute Gasteiger partial charge is 0.316 e. The average Bonchev–Trinajstić information content (AvgIpc) is 2.35. The molecule has 20 heavy (non-hydrogen) atoms. The van der Waals surface area contributed by atoms with Gasteiger partial charge in [0.1, 0.15) is 0 Å². The number of nitrogens with one attached hydrogen (secondary N) is 2. The minimum absolute atomic E-state index is 0.298. The van der Waals surface area contributed by atoms with Crippen molar-refractivity contribution in [2.45, 2.75) is 49.6 Å². The molecular weight excluding hydrogens is 276 g/mol. The van der Waals surface area contributed by atoms with Crippen LogP contribution in [0.25, 0.3) is 0 Å². The monoisotopic (exact) mass is 298 g/mol. The number of aromatic amines is 1. The molecule has 0 radical (unpaired) electrons. The van der Waals surface area contributed by atoms with Crippen LogP contribution in [0, 0.1) is 5.41 Å². The fraction of sp³-hybridized carbons (Fsp3) is 0.769. The molecule has 2 atom stereocenters. The highest BCUT2D eigenvalue weighted by molar-refractivity contribution is 7.99. The minimum atomic E-state index is -0.721. The van der Waals surface area contributed by atoms with Gasteiger partial charge in [0.15, 0.2) is 5.16 Å². The Bertz CT molecular complexity index is 593. The molecule has 6 nitrogen and oxygen atoms in total. The van der Waals surface area contributed by atoms with Gasteiger partial charge < -0.3 is 5.32 Å². The lowest BCUT2D eigenvalue weighted by atomic mass is 9.75. The van der Waals surface area contributed by atoms with Crippen molar-refractivity contribution >= 4 is 11.8 Å². The SMILES string of the molecule is CNC1CCC(C)(C)CC1Sc1nc(=O)c(=O)[nH]n1C. The van der Waals surface area contributed by atoms with Crippen molar-refractivity contribution in [3.05, 3.63) is 20.7 Å². The van der Waals surface area contributed by atoms with Crippen LogP contribution in [-0.4, -0.2) is 33.1 Å². The molecule has 1 aliphatic rings. The maximum atomic E-state index is 11.4. The van der Waals surface area contributed by atoms with Gasteiger partial charge in [-0.15, -0.1) is 0 Å². The summed E-state index contributed by atoms with van der Waals surface area (Å²) in [6.45, 7) is 4.54. The summed E-state index contributed by atoms with van der Waals surface area (Å²) in [6.07, 6.45) is 3.35. The van der Waals surface area contributed by atoms with Crippen LogP contribution >= 0.6 is 11.8 Å². The standard InChI is InChI=1S/C13H22N4O2S/c1-13(2)6-5-8(14-3)9(7-13)20-12-15-10(18)11(19)16-17(12)4/h8-9,14H,5-7H2,1-4H3,(H,16,19). The molecular formula is C13H22N4O2S. The zero-order valence-electron chi connectivity index (χ0n) is 12.4. The summed E-state index contributed by atoms with van der Waals surface area (Å²) in [7, 11) is 3.67. The summed E-state index contributed by atoms with van der Waals surface area (Å²) in [5.74, 6) is 0. The van der Waals surface area contributed by atoms with Crippen molar-refractivity contribution in [2.24, 2.45) is 12.5 Å². The molecule has 1 aliphatic carbocycles. The fourth-order valence-electron chi connectivity index (χ4n) is 2.68. The van der Waals surface area contributed by atoms with Crippen LogP contribution in [-0.2, 0) is 7.05 Å². The highest BCUT2D eigenvalue weighted by Crippen LogP contribution is 2.41. The molecule has 0 amide bonds. The summed E-state index contributed by atoms with van der Waals surface area (Å²) in [6, 6.07) is 0.400. The number of H-pyrrole nitrogens is 1. The summed E-state index contributed by atoms with van der Waals surface area (Å²) in [5.41, 5.74) is -1.10. The van der Waals surface area contributed by atoms with E-state index in [1.807, 2.05) is 7.05 Å². The lowest BCUT2D eigenvalue weighted by Crippen LogP contribution is -2.43. The van der Waals surface area contributed by atoms with E-state index < -0.39 is 11.1 Å². The van der Waals surface area contributed by atoms with Gasteiger partial charge in [0.2, 0.25) is 0 Å². The number of hydrogen-bond acceptors (Lipinski definition) is 5. The number of aryl methyl sites for hydroxylation is 1. The van der Waals surface area contributed by atoms with E-state index in [4.69, 9.17) is 0 Å². The van der Waals surface area contributed by atoms with Crippen molar-refractivity contribution in [1.29, 1.82) is 0 Å². The molecule has 7 heteroatoms. The largest absolute Gasteiger partial charge is 0.339 e. The van der Waals surface area contributed by atoms with E-state index in [9.17, 15) is 9.59 Å². The third kappa shape index (κ3) is 3.32. The summed E-state index contributed by atoms with van der Waals surface area (Å²) in [4.78, 5) is 26.5. The van der Waals surface area contributed by atoms with Gasteiger partial charge in [-0.3, -0.25) is 19.4 Å². The Balaban J connectivity index is 2.25. The molecule has 2 N–H and O–H groups in total. The Kier molecular flexibility index (Phi) is 4.39. The van der Waals surface area contributed by atoms with Crippen LogP contribution in [0.3, 0.4) is 0 Å². The molecule has 0 aromatic carbocycles. The number of aromatic nitrogens is 3. The van der Waals surface area contributed by atoms with Crippen molar-refractivity contribution in [2.75, 3.05) is 7.05 Å². The number of thioether (sulfide) groups is 1. The van der Waals surface area contributed by atoms with Crippen molar-refractivity contribution in [3.63, 3.8) is 0 Å². The minimum Gasteiger partial charge on any atom is -0.316 e. The van der Waals surface area contributed by atoms with Crippen LogP contribution in [0.1, 0.15) is 33.1 Å². The average molecular weight is 298 g/mol. The fourth-order valence-corrected chi connectivity index (χ4v) is 4.26. The maximum Gasteiger partial charge on any atom is 0.339 e. The first kappa shape index (κ1) is 15.3. The molecule has 0 aliphatic heterocycles. The second-order valence-electron chi connectivity index (χ2n) is 6.16. The van der Waals surface area contributed by atoms with E-state index >= 15 is 0 Å². The molecule has 1 saturated carbocycles. The van der Waals surface area contributed by atoms with Crippen molar-refractivity contribution < 1.29 is 0 Å². The van der Waals surface area contributed by atoms with E-state index in [2.05, 4.69) is 29.2 Å². The highest BCUT2D eigenvalue weighted by atomic mass is 32.2. The van der Waals surface area contributed by atoms with E-state index in [0.717, 1.165) is 12.8 Å².